The second kappa shape index (κ2) is 17.6. The largest absolute Gasteiger partial charge is 0.512 e. The van der Waals surface area contributed by atoms with Gasteiger partial charge in [-0.05, 0) is 73.6 Å². The van der Waals surface area contributed by atoms with Crippen molar-refractivity contribution >= 4 is 27.7 Å². The van der Waals surface area contributed by atoms with Crippen molar-refractivity contribution in [2.75, 3.05) is 0 Å². The number of aliphatic hydroxyl groups is 1. The summed E-state index contributed by atoms with van der Waals surface area (Å²) >= 11 is 0. The molecule has 0 amide bonds. The molecule has 6 aromatic rings. The second-order valence-electron chi connectivity index (χ2n) is 15.8. The molecule has 1 aliphatic carbocycles. The molecular formula is C49H55IrN2O3-. The van der Waals surface area contributed by atoms with Gasteiger partial charge in [-0.15, -0.1) is 23.6 Å². The fraction of sp³-hybridized carbons (Fsp3) is 0.367. The Labute approximate surface area is 341 Å². The molecular weight excluding hydrogens is 857 g/mol. The molecule has 4 aromatic carbocycles. The first-order valence-corrected chi connectivity index (χ1v) is 19.8. The van der Waals surface area contributed by atoms with Gasteiger partial charge in [0.2, 0.25) is 5.71 Å². The Morgan fingerprint density at radius 1 is 0.855 bits per heavy atom. The molecule has 55 heavy (non-hydrogen) atoms. The van der Waals surface area contributed by atoms with Crippen LogP contribution in [0.15, 0.2) is 101 Å². The molecule has 0 saturated carbocycles. The van der Waals surface area contributed by atoms with Crippen molar-refractivity contribution in [1.82, 2.24) is 9.97 Å². The third-order valence-electron chi connectivity index (χ3n) is 12.0. The van der Waals surface area contributed by atoms with Gasteiger partial charge < -0.3 is 9.52 Å². The van der Waals surface area contributed by atoms with Gasteiger partial charge in [-0.1, -0.05) is 133 Å². The van der Waals surface area contributed by atoms with E-state index >= 15 is 0 Å². The van der Waals surface area contributed by atoms with E-state index in [0.717, 1.165) is 72.7 Å². The van der Waals surface area contributed by atoms with Gasteiger partial charge in [-0.25, -0.2) is 4.98 Å². The predicted octanol–water partition coefficient (Wildman–Crippen LogP) is 13.1. The number of rotatable bonds is 11. The van der Waals surface area contributed by atoms with Crippen LogP contribution >= 0.6 is 0 Å². The van der Waals surface area contributed by atoms with E-state index in [4.69, 9.17) is 9.40 Å². The van der Waals surface area contributed by atoms with Crippen LogP contribution in [-0.4, -0.2) is 20.9 Å². The zero-order valence-electron chi connectivity index (χ0n) is 33.7. The van der Waals surface area contributed by atoms with Gasteiger partial charge in [0.25, 0.3) is 0 Å². The first kappa shape index (κ1) is 41.8. The summed E-state index contributed by atoms with van der Waals surface area (Å²) in [4.78, 5) is 21.6. The molecule has 0 aliphatic heterocycles. The smallest absolute Gasteiger partial charge is 0.223 e. The molecule has 6 heteroatoms. The first-order chi connectivity index (χ1) is 25.9. The van der Waals surface area contributed by atoms with Gasteiger partial charge in [-0.2, -0.15) is 0 Å². The number of benzene rings is 4. The van der Waals surface area contributed by atoms with Crippen molar-refractivity contribution in [3.63, 3.8) is 0 Å². The summed E-state index contributed by atoms with van der Waals surface area (Å²) in [6.07, 6.45) is 9.34. The molecule has 289 valence electrons. The fourth-order valence-electron chi connectivity index (χ4n) is 7.46. The van der Waals surface area contributed by atoms with Gasteiger partial charge in [0, 0.05) is 59.2 Å². The van der Waals surface area contributed by atoms with E-state index < -0.39 is 0 Å². The Balaban J connectivity index is 0.000000276. The minimum absolute atomic E-state index is 0. The van der Waals surface area contributed by atoms with E-state index in [1.807, 2.05) is 41.5 Å². The summed E-state index contributed by atoms with van der Waals surface area (Å²) in [6.45, 7) is 16.6. The number of aliphatic hydroxyl groups excluding tert-OH is 1. The average Bonchev–Trinajstić information content (AvgIpc) is 3.59. The maximum Gasteiger partial charge on any atom is 0.223 e. The van der Waals surface area contributed by atoms with Crippen LogP contribution in [0.25, 0.3) is 55.6 Å². The molecule has 5 nitrogen and oxygen atoms in total. The summed E-state index contributed by atoms with van der Waals surface area (Å²) in [6, 6.07) is 31.7. The molecule has 1 radical (unpaired) electrons. The Morgan fingerprint density at radius 2 is 1.53 bits per heavy atom. The molecule has 1 aliphatic rings. The molecule has 0 bridgehead atoms. The van der Waals surface area contributed by atoms with Crippen molar-refractivity contribution < 1.29 is 34.4 Å². The van der Waals surface area contributed by atoms with Crippen molar-refractivity contribution in [3.05, 3.63) is 120 Å². The SMILES string of the molecule is CC(C)Cc1ccc2c(c1)-c1oc3ncnc(-c4[c-]c5ccccc5c(-c5ccccc5)c4)c3c1CC2.CCC(C)(CC)C(=O)/C=C(\O)C(C)(CC)CC.[Ir]. The number of aromatic nitrogens is 2. The Bertz CT molecular complexity index is 2290. The third-order valence-corrected chi connectivity index (χ3v) is 12.0. The molecule has 0 spiro atoms. The number of hydrogen-bond acceptors (Lipinski definition) is 5. The predicted molar refractivity (Wildman–Crippen MR) is 224 cm³/mol. The van der Waals surface area contributed by atoms with Crippen LogP contribution in [0.1, 0.15) is 97.8 Å². The number of hydrogen-bond donors (Lipinski definition) is 1. The molecule has 2 aromatic heterocycles. The van der Waals surface area contributed by atoms with Crippen LogP contribution in [0.4, 0.5) is 0 Å². The van der Waals surface area contributed by atoms with Crippen LogP contribution in [0, 0.1) is 22.8 Å². The maximum atomic E-state index is 12.2. The van der Waals surface area contributed by atoms with Crippen LogP contribution in [0.5, 0.6) is 0 Å². The van der Waals surface area contributed by atoms with Crippen LogP contribution in [0.3, 0.4) is 0 Å². The quantitative estimate of drug-likeness (QED) is 0.0796. The van der Waals surface area contributed by atoms with E-state index in [2.05, 4.69) is 104 Å². The summed E-state index contributed by atoms with van der Waals surface area (Å²) < 4.78 is 6.48. The van der Waals surface area contributed by atoms with Crippen molar-refractivity contribution in [2.24, 2.45) is 16.7 Å². The summed E-state index contributed by atoms with van der Waals surface area (Å²) in [5.74, 6) is 1.85. The van der Waals surface area contributed by atoms with Crippen molar-refractivity contribution in [1.29, 1.82) is 0 Å². The zero-order valence-corrected chi connectivity index (χ0v) is 36.1. The molecule has 7 rings (SSSR count). The second-order valence-corrected chi connectivity index (χ2v) is 15.8. The molecule has 0 atom stereocenters. The number of carbonyl (C=O) groups is 1. The standard InChI is InChI=1S/C34H27N2O.C15H28O2.Ir/c1-21(2)16-22-12-13-24-14-15-28-31-32(35-20-36-34(31)37-33(28)30(24)17-22)26-18-25-10-6-7-11-27(25)29(19-26)23-8-4-3-5-9-23;1-7-14(5,8-2)12(16)11-13(17)15(6,9-3)10-4;/h3-13,17,19-21H,14-16H2,1-2H3;11,16H,7-10H2,1-6H3;/q-1;;/b;12-11-;. The fourth-order valence-corrected chi connectivity index (χ4v) is 7.46. The van der Waals surface area contributed by atoms with Gasteiger partial charge in [-0.3, -0.25) is 9.78 Å². The number of carbonyl (C=O) groups excluding carboxylic acids is 1. The van der Waals surface area contributed by atoms with Gasteiger partial charge in [0.1, 0.15) is 17.8 Å². The average molecular weight is 912 g/mol. The Hall–Kier alpha value is -4.38. The van der Waals surface area contributed by atoms with E-state index in [1.54, 1.807) is 6.33 Å². The van der Waals surface area contributed by atoms with Crippen molar-refractivity contribution in [3.8, 4) is 33.7 Å². The van der Waals surface area contributed by atoms with Crippen LogP contribution < -0.4 is 0 Å². The number of furan rings is 1. The van der Waals surface area contributed by atoms with E-state index in [-0.39, 0.29) is 42.5 Å². The van der Waals surface area contributed by atoms with E-state index in [1.165, 1.54) is 44.8 Å². The number of aryl methyl sites for hydroxylation is 2. The summed E-state index contributed by atoms with van der Waals surface area (Å²) in [5.41, 5.74) is 9.37. The number of allylic oxidation sites excluding steroid dienone is 2. The third kappa shape index (κ3) is 8.56. The first-order valence-electron chi connectivity index (χ1n) is 19.8. The van der Waals surface area contributed by atoms with Gasteiger partial charge in [0.05, 0.1) is 0 Å². The Kier molecular flexibility index (Phi) is 13.4. The summed E-state index contributed by atoms with van der Waals surface area (Å²) in [5, 5.41) is 13.4. The van der Waals surface area contributed by atoms with E-state index in [0.29, 0.717) is 11.6 Å². The van der Waals surface area contributed by atoms with E-state index in [9.17, 15) is 9.90 Å². The monoisotopic (exact) mass is 912 g/mol. The van der Waals surface area contributed by atoms with Gasteiger partial charge >= 0.3 is 0 Å². The minimum atomic E-state index is -0.337. The van der Waals surface area contributed by atoms with Crippen molar-refractivity contribution in [2.45, 2.75) is 100 Å². The molecule has 0 saturated heterocycles. The summed E-state index contributed by atoms with van der Waals surface area (Å²) in [7, 11) is 0. The molecule has 0 fully saturated rings. The molecule has 0 unspecified atom stereocenters. The number of nitrogens with zero attached hydrogens (tertiary/aromatic N) is 2. The Morgan fingerprint density at radius 3 is 2.20 bits per heavy atom. The van der Waals surface area contributed by atoms with Crippen LogP contribution in [-0.2, 0) is 44.2 Å². The minimum Gasteiger partial charge on any atom is -0.512 e. The normalized spacial score (nSPS) is 12.9. The molecule has 2 heterocycles. The number of fused-ring (bicyclic) bond motifs is 6. The zero-order chi connectivity index (χ0) is 38.6. The topological polar surface area (TPSA) is 76.2 Å². The van der Waals surface area contributed by atoms with Gasteiger partial charge in [0.15, 0.2) is 5.78 Å². The number of ketones is 1. The maximum absolute atomic E-state index is 12.2. The molecule has 1 N–H and O–H groups in total. The van der Waals surface area contributed by atoms with Crippen LogP contribution in [0.2, 0.25) is 0 Å².